The summed E-state index contributed by atoms with van der Waals surface area (Å²) in [6.45, 7) is 4.08. The first-order valence-corrected chi connectivity index (χ1v) is 9.37. The fraction of sp³-hybridized carbons (Fsp3) is 0.417. The van der Waals surface area contributed by atoms with Crippen LogP contribution in [0.2, 0.25) is 0 Å². The zero-order valence-electron chi connectivity index (χ0n) is 11.3. The molecule has 0 aliphatic rings. The number of sulfonamides is 1. The minimum Gasteiger partial charge on any atom is -0.326 e. The predicted molar refractivity (Wildman–Crippen MR) is 82.4 cm³/mol. The number of nitrogens with two attached hydrogens (primary N) is 1. The molecule has 8 heteroatoms. The second-order valence-corrected chi connectivity index (χ2v) is 8.24. The highest BCUT2D eigenvalue weighted by molar-refractivity contribution is 7.89. The number of nitrogens with zero attached hydrogens (tertiary/aromatic N) is 1. The molecule has 0 saturated heterocycles. The first-order valence-electron chi connectivity index (χ1n) is 6.19. The van der Waals surface area contributed by atoms with E-state index < -0.39 is 10.0 Å². The first kappa shape index (κ1) is 15.6. The molecule has 0 aliphatic carbocycles. The van der Waals surface area contributed by atoms with Crippen LogP contribution in [0, 0.1) is 6.92 Å². The fourth-order valence-electron chi connectivity index (χ4n) is 1.86. The van der Waals surface area contributed by atoms with E-state index in [1.165, 1.54) is 22.7 Å². The molecule has 0 fully saturated rings. The van der Waals surface area contributed by atoms with Crippen LogP contribution in [0.4, 0.5) is 0 Å². The Morgan fingerprint density at radius 1 is 1.50 bits per heavy atom. The lowest BCUT2D eigenvalue weighted by molar-refractivity contribution is 0.549. The molecule has 0 saturated carbocycles. The summed E-state index contributed by atoms with van der Waals surface area (Å²) in [5, 5.41) is 2.62. The van der Waals surface area contributed by atoms with E-state index in [-0.39, 0.29) is 6.04 Å². The van der Waals surface area contributed by atoms with Crippen molar-refractivity contribution in [2.75, 3.05) is 0 Å². The van der Waals surface area contributed by atoms with Gasteiger partial charge in [0.25, 0.3) is 0 Å². The van der Waals surface area contributed by atoms with Crippen LogP contribution >= 0.6 is 22.7 Å². The molecule has 1 unspecified atom stereocenters. The molecular weight excluding hydrogens is 314 g/mol. The number of nitrogens with one attached hydrogen (secondary N) is 1. The number of aromatic nitrogens is 1. The van der Waals surface area contributed by atoms with Gasteiger partial charge < -0.3 is 5.73 Å². The summed E-state index contributed by atoms with van der Waals surface area (Å²) in [6.07, 6.45) is 2.33. The molecule has 2 aromatic rings. The Morgan fingerprint density at radius 2 is 2.25 bits per heavy atom. The maximum Gasteiger partial charge on any atom is 0.242 e. The van der Waals surface area contributed by atoms with Crippen LogP contribution in [0.1, 0.15) is 34.1 Å². The molecule has 20 heavy (non-hydrogen) atoms. The summed E-state index contributed by atoms with van der Waals surface area (Å²) in [5.41, 5.74) is 5.57. The largest absolute Gasteiger partial charge is 0.326 e. The van der Waals surface area contributed by atoms with E-state index >= 15 is 0 Å². The van der Waals surface area contributed by atoms with Gasteiger partial charge in [0.1, 0.15) is 5.01 Å². The highest BCUT2D eigenvalue weighted by Gasteiger charge is 2.24. The first-order chi connectivity index (χ1) is 9.47. The van der Waals surface area contributed by atoms with Crippen LogP contribution < -0.4 is 10.5 Å². The topological polar surface area (TPSA) is 85.1 Å². The van der Waals surface area contributed by atoms with E-state index in [2.05, 4.69) is 9.71 Å². The molecule has 2 rings (SSSR count). The highest BCUT2D eigenvalue weighted by Crippen LogP contribution is 2.28. The molecule has 0 aliphatic heterocycles. The Labute approximate surface area is 126 Å². The van der Waals surface area contributed by atoms with Crippen LogP contribution in [0.3, 0.4) is 0 Å². The van der Waals surface area contributed by atoms with Gasteiger partial charge in [-0.1, -0.05) is 6.92 Å². The number of hydrogen-bond acceptors (Lipinski definition) is 6. The van der Waals surface area contributed by atoms with Crippen molar-refractivity contribution in [2.24, 2.45) is 5.73 Å². The van der Waals surface area contributed by atoms with Gasteiger partial charge in [-0.05, 0) is 19.4 Å². The van der Waals surface area contributed by atoms with Crippen LogP contribution in [0.15, 0.2) is 22.5 Å². The van der Waals surface area contributed by atoms with Gasteiger partial charge in [0.15, 0.2) is 0 Å². The van der Waals surface area contributed by atoms with Gasteiger partial charge in [-0.2, -0.15) is 0 Å². The molecule has 110 valence electrons. The van der Waals surface area contributed by atoms with Gasteiger partial charge in [0.2, 0.25) is 10.0 Å². The fourth-order valence-corrected chi connectivity index (χ4v) is 5.50. The molecule has 0 amide bonds. The summed E-state index contributed by atoms with van der Waals surface area (Å²) >= 11 is 2.87. The quantitative estimate of drug-likeness (QED) is 0.851. The minimum absolute atomic E-state index is 0.291. The molecular formula is C12H17N3O2S3. The number of thiophene rings is 1. The summed E-state index contributed by atoms with van der Waals surface area (Å²) in [4.78, 5) is 6.12. The smallest absolute Gasteiger partial charge is 0.242 e. The Kier molecular flexibility index (Phi) is 4.92. The van der Waals surface area contributed by atoms with Gasteiger partial charge in [-0.3, -0.25) is 0 Å². The second kappa shape index (κ2) is 6.31. The van der Waals surface area contributed by atoms with E-state index in [0.29, 0.717) is 17.9 Å². The van der Waals surface area contributed by atoms with Crippen LogP contribution in [0.25, 0.3) is 0 Å². The molecule has 0 spiro atoms. The van der Waals surface area contributed by atoms with Crippen molar-refractivity contribution in [3.8, 4) is 0 Å². The molecule has 2 aromatic heterocycles. The van der Waals surface area contributed by atoms with E-state index in [1.54, 1.807) is 19.2 Å². The standard InChI is InChI=1S/C12H17N3O2S3/c1-3-10(12-14-4-5-18-12)15-20(16,17)11-6-9(7-13)19-8(11)2/h4-6,10,15H,3,7,13H2,1-2H3. The van der Waals surface area contributed by atoms with E-state index in [1.807, 2.05) is 12.3 Å². The van der Waals surface area contributed by atoms with Crippen molar-refractivity contribution in [1.29, 1.82) is 0 Å². The third-order valence-electron chi connectivity index (χ3n) is 2.87. The Balaban J connectivity index is 2.28. The van der Waals surface area contributed by atoms with Gasteiger partial charge in [-0.15, -0.1) is 22.7 Å². The SMILES string of the molecule is CCC(NS(=O)(=O)c1cc(CN)sc1C)c1nccs1. The van der Waals surface area contributed by atoms with Crippen molar-refractivity contribution in [1.82, 2.24) is 9.71 Å². The average Bonchev–Trinajstić information content (AvgIpc) is 3.05. The third-order valence-corrected chi connectivity index (χ3v) is 6.56. The van der Waals surface area contributed by atoms with Crippen molar-refractivity contribution >= 4 is 32.7 Å². The maximum atomic E-state index is 12.5. The predicted octanol–water partition coefficient (Wildman–Crippen LogP) is 2.40. The van der Waals surface area contributed by atoms with Crippen molar-refractivity contribution < 1.29 is 8.42 Å². The Bertz CT molecular complexity index is 662. The number of thiazole rings is 1. The molecule has 3 N–H and O–H groups in total. The highest BCUT2D eigenvalue weighted by atomic mass is 32.2. The molecule has 1 atom stereocenters. The second-order valence-electron chi connectivity index (χ2n) is 4.29. The van der Waals surface area contributed by atoms with Crippen molar-refractivity contribution in [2.45, 2.75) is 37.8 Å². The normalized spacial score (nSPS) is 13.6. The molecule has 5 nitrogen and oxygen atoms in total. The van der Waals surface area contributed by atoms with Crippen molar-refractivity contribution in [3.05, 3.63) is 32.4 Å². The Morgan fingerprint density at radius 3 is 2.75 bits per heavy atom. The van der Waals surface area contributed by atoms with Crippen LogP contribution in [-0.2, 0) is 16.6 Å². The summed E-state index contributed by atoms with van der Waals surface area (Å²) < 4.78 is 27.7. The molecule has 0 radical (unpaired) electrons. The van der Waals surface area contributed by atoms with Crippen LogP contribution in [0.5, 0.6) is 0 Å². The van der Waals surface area contributed by atoms with Crippen LogP contribution in [-0.4, -0.2) is 13.4 Å². The van der Waals surface area contributed by atoms with Gasteiger partial charge in [-0.25, -0.2) is 18.1 Å². The van der Waals surface area contributed by atoms with E-state index in [0.717, 1.165) is 14.8 Å². The summed E-state index contributed by atoms with van der Waals surface area (Å²) in [5.74, 6) is 0. The van der Waals surface area contributed by atoms with Crippen molar-refractivity contribution in [3.63, 3.8) is 0 Å². The van der Waals surface area contributed by atoms with E-state index in [9.17, 15) is 8.42 Å². The zero-order chi connectivity index (χ0) is 14.8. The van der Waals surface area contributed by atoms with Gasteiger partial charge in [0.05, 0.1) is 10.9 Å². The average molecular weight is 331 g/mol. The lowest BCUT2D eigenvalue weighted by atomic mass is 10.3. The number of aryl methyl sites for hydroxylation is 1. The minimum atomic E-state index is -3.55. The third kappa shape index (κ3) is 3.26. The molecule has 0 aromatic carbocycles. The lowest BCUT2D eigenvalue weighted by Crippen LogP contribution is -2.28. The monoisotopic (exact) mass is 331 g/mol. The summed E-state index contributed by atoms with van der Waals surface area (Å²) in [6, 6.07) is 1.36. The zero-order valence-corrected chi connectivity index (χ0v) is 13.7. The summed E-state index contributed by atoms with van der Waals surface area (Å²) in [7, 11) is -3.55. The van der Waals surface area contributed by atoms with E-state index in [4.69, 9.17) is 5.73 Å². The molecule has 2 heterocycles. The Hall–Kier alpha value is -0.800. The number of rotatable bonds is 6. The van der Waals surface area contributed by atoms with Gasteiger partial charge >= 0.3 is 0 Å². The number of hydrogen-bond donors (Lipinski definition) is 2. The van der Waals surface area contributed by atoms with Gasteiger partial charge in [0, 0.05) is 27.9 Å². The lowest BCUT2D eigenvalue weighted by Gasteiger charge is -2.14. The maximum absolute atomic E-state index is 12.5. The molecule has 0 bridgehead atoms.